The molecule has 1 N–H and O–H groups in total. The average Bonchev–Trinajstić information content (AvgIpc) is 3.15. The maximum absolute atomic E-state index is 12.9. The number of hydrogen-bond acceptors (Lipinski definition) is 4. The van der Waals surface area contributed by atoms with Crippen molar-refractivity contribution in [1.29, 1.82) is 0 Å². The fourth-order valence-corrected chi connectivity index (χ4v) is 3.62. The first-order valence-corrected chi connectivity index (χ1v) is 8.64. The summed E-state index contributed by atoms with van der Waals surface area (Å²) in [5.41, 5.74) is 2.04. The van der Waals surface area contributed by atoms with Crippen LogP contribution in [0.15, 0.2) is 35.1 Å². The summed E-state index contributed by atoms with van der Waals surface area (Å²) in [7, 11) is 0. The number of carbonyl (C=O) groups excluding carboxylic acids is 1. The molecule has 4 rings (SSSR count). The first-order chi connectivity index (χ1) is 12.0. The molecule has 2 atom stereocenters. The molecule has 1 amide bonds. The number of benzene rings is 1. The lowest BCUT2D eigenvalue weighted by Gasteiger charge is -2.16. The molecule has 6 nitrogen and oxygen atoms in total. The zero-order chi connectivity index (χ0) is 17.6. The Morgan fingerprint density at radius 1 is 1.20 bits per heavy atom. The molecule has 7 heteroatoms. The molecule has 130 valence electrons. The van der Waals surface area contributed by atoms with Crippen molar-refractivity contribution in [3.63, 3.8) is 0 Å². The Labute approximate surface area is 149 Å². The van der Waals surface area contributed by atoms with Crippen LogP contribution >= 0.6 is 11.6 Å². The van der Waals surface area contributed by atoms with E-state index in [-0.39, 0.29) is 18.4 Å². The predicted molar refractivity (Wildman–Crippen MR) is 89.7 cm³/mol. The molecular weight excluding hydrogens is 344 g/mol. The number of aromatic nitrogens is 1. The molecule has 1 aromatic carbocycles. The quantitative estimate of drug-likeness (QED) is 0.905. The van der Waals surface area contributed by atoms with E-state index < -0.39 is 11.9 Å². The number of rotatable bonds is 4. The molecule has 1 aromatic heterocycles. The lowest BCUT2D eigenvalue weighted by molar-refractivity contribution is -0.141. The van der Waals surface area contributed by atoms with Crippen LogP contribution in [0.3, 0.4) is 0 Å². The number of nitrogens with zero attached hydrogens (tertiary/aromatic N) is 2. The van der Waals surface area contributed by atoms with E-state index >= 15 is 0 Å². The SMILES string of the molecule is O=C(O)[C@@H]1CN(C(=O)c2conc2C2CC2)C[C@H]1c1ccc(Cl)cc1. The number of hydrogen-bond donors (Lipinski definition) is 1. The standard InChI is InChI=1S/C18H17ClN2O4/c19-12-5-3-10(4-6-12)13-7-21(8-14(13)18(23)24)17(22)15-9-25-20-16(15)11-1-2-11/h3-6,9,11,13-14H,1-2,7-8H2,(H,23,24)/t13-,14+/m0/s1. The molecule has 2 heterocycles. The summed E-state index contributed by atoms with van der Waals surface area (Å²) in [6.07, 6.45) is 3.40. The summed E-state index contributed by atoms with van der Waals surface area (Å²) in [5, 5.41) is 14.1. The highest BCUT2D eigenvalue weighted by atomic mass is 35.5. The number of likely N-dealkylation sites (tertiary alicyclic amines) is 1. The van der Waals surface area contributed by atoms with Crippen LogP contribution in [0.4, 0.5) is 0 Å². The molecule has 0 radical (unpaired) electrons. The smallest absolute Gasteiger partial charge is 0.308 e. The Bertz CT molecular complexity index is 813. The molecule has 2 aliphatic rings. The molecule has 2 fully saturated rings. The van der Waals surface area contributed by atoms with Crippen LogP contribution in [0.2, 0.25) is 5.02 Å². The second-order valence-corrected chi connectivity index (χ2v) is 7.14. The van der Waals surface area contributed by atoms with Crippen LogP contribution in [-0.2, 0) is 4.79 Å². The van der Waals surface area contributed by atoms with E-state index in [1.54, 1.807) is 17.0 Å². The first-order valence-electron chi connectivity index (χ1n) is 8.26. The summed E-state index contributed by atoms with van der Waals surface area (Å²) in [4.78, 5) is 26.2. The van der Waals surface area contributed by atoms with Crippen LogP contribution < -0.4 is 0 Å². The van der Waals surface area contributed by atoms with Gasteiger partial charge >= 0.3 is 5.97 Å². The van der Waals surface area contributed by atoms with Gasteiger partial charge in [0.15, 0.2) is 0 Å². The Balaban J connectivity index is 1.59. The number of carboxylic acids is 1. The van der Waals surface area contributed by atoms with Gasteiger partial charge in [0.2, 0.25) is 0 Å². The van der Waals surface area contributed by atoms with Crippen molar-refractivity contribution in [2.24, 2.45) is 5.92 Å². The highest BCUT2D eigenvalue weighted by molar-refractivity contribution is 6.30. The highest BCUT2D eigenvalue weighted by Gasteiger charge is 2.42. The van der Waals surface area contributed by atoms with Crippen molar-refractivity contribution in [3.8, 4) is 0 Å². The molecule has 0 spiro atoms. The summed E-state index contributed by atoms with van der Waals surface area (Å²) < 4.78 is 5.00. The predicted octanol–water partition coefficient (Wildman–Crippen LogP) is 3.15. The lowest BCUT2D eigenvalue weighted by atomic mass is 9.89. The summed E-state index contributed by atoms with van der Waals surface area (Å²) in [5.74, 6) is -1.71. The van der Waals surface area contributed by atoms with E-state index in [0.29, 0.717) is 28.7 Å². The number of amides is 1. The fourth-order valence-electron chi connectivity index (χ4n) is 3.49. The van der Waals surface area contributed by atoms with Crippen molar-refractivity contribution >= 4 is 23.5 Å². The fraction of sp³-hybridized carbons (Fsp3) is 0.389. The van der Waals surface area contributed by atoms with Crippen LogP contribution in [-0.4, -0.2) is 40.1 Å². The Morgan fingerprint density at radius 3 is 2.56 bits per heavy atom. The van der Waals surface area contributed by atoms with Crippen LogP contribution in [0.5, 0.6) is 0 Å². The van der Waals surface area contributed by atoms with Gasteiger partial charge in [0, 0.05) is 29.9 Å². The van der Waals surface area contributed by atoms with Crippen molar-refractivity contribution in [3.05, 3.63) is 52.4 Å². The summed E-state index contributed by atoms with van der Waals surface area (Å²) in [6.45, 7) is 0.531. The van der Waals surface area contributed by atoms with Gasteiger partial charge in [0.25, 0.3) is 5.91 Å². The lowest BCUT2D eigenvalue weighted by Crippen LogP contribution is -2.30. The minimum absolute atomic E-state index is 0.177. The monoisotopic (exact) mass is 360 g/mol. The van der Waals surface area contributed by atoms with Crippen LogP contribution in [0, 0.1) is 5.92 Å². The molecule has 0 unspecified atom stereocenters. The van der Waals surface area contributed by atoms with Crippen LogP contribution in [0.1, 0.15) is 46.3 Å². The molecule has 0 bridgehead atoms. The molecule has 25 heavy (non-hydrogen) atoms. The van der Waals surface area contributed by atoms with E-state index in [1.165, 1.54) is 6.26 Å². The molecule has 1 aliphatic heterocycles. The van der Waals surface area contributed by atoms with Gasteiger partial charge < -0.3 is 14.5 Å². The normalized spacial score (nSPS) is 23.0. The van der Waals surface area contributed by atoms with Gasteiger partial charge in [-0.05, 0) is 30.5 Å². The van der Waals surface area contributed by atoms with Gasteiger partial charge in [-0.25, -0.2) is 0 Å². The summed E-state index contributed by atoms with van der Waals surface area (Å²) in [6, 6.07) is 7.13. The minimum atomic E-state index is -0.900. The van der Waals surface area contributed by atoms with E-state index in [9.17, 15) is 14.7 Å². The van der Waals surface area contributed by atoms with Crippen molar-refractivity contribution in [2.75, 3.05) is 13.1 Å². The van der Waals surface area contributed by atoms with E-state index in [2.05, 4.69) is 5.16 Å². The van der Waals surface area contributed by atoms with E-state index in [1.807, 2.05) is 12.1 Å². The molecule has 1 aliphatic carbocycles. The Kier molecular flexibility index (Phi) is 4.00. The zero-order valence-electron chi connectivity index (χ0n) is 13.4. The number of carbonyl (C=O) groups is 2. The molecule has 2 aromatic rings. The molecular formula is C18H17ClN2O4. The number of aliphatic carboxylic acids is 1. The third-order valence-corrected chi connectivity index (χ3v) is 5.27. The molecule has 1 saturated carbocycles. The van der Waals surface area contributed by atoms with E-state index in [0.717, 1.165) is 18.4 Å². The third-order valence-electron chi connectivity index (χ3n) is 5.01. The maximum atomic E-state index is 12.9. The second-order valence-electron chi connectivity index (χ2n) is 6.70. The zero-order valence-corrected chi connectivity index (χ0v) is 14.1. The average molecular weight is 361 g/mol. The summed E-state index contributed by atoms with van der Waals surface area (Å²) >= 11 is 5.92. The molecule has 1 saturated heterocycles. The van der Waals surface area contributed by atoms with Gasteiger partial charge in [-0.15, -0.1) is 0 Å². The number of carboxylic acid groups (broad SMARTS) is 1. The van der Waals surface area contributed by atoms with Gasteiger partial charge in [0.05, 0.1) is 11.6 Å². The maximum Gasteiger partial charge on any atom is 0.308 e. The van der Waals surface area contributed by atoms with Gasteiger partial charge in [-0.3, -0.25) is 9.59 Å². The highest BCUT2D eigenvalue weighted by Crippen LogP contribution is 2.42. The van der Waals surface area contributed by atoms with Crippen molar-refractivity contribution in [2.45, 2.75) is 24.7 Å². The Morgan fingerprint density at radius 2 is 1.92 bits per heavy atom. The minimum Gasteiger partial charge on any atom is -0.481 e. The second kappa shape index (κ2) is 6.19. The first kappa shape index (κ1) is 16.1. The van der Waals surface area contributed by atoms with Gasteiger partial charge in [-0.1, -0.05) is 28.9 Å². The van der Waals surface area contributed by atoms with Gasteiger partial charge in [-0.2, -0.15) is 0 Å². The van der Waals surface area contributed by atoms with Crippen molar-refractivity contribution in [1.82, 2.24) is 10.1 Å². The topological polar surface area (TPSA) is 83.6 Å². The largest absolute Gasteiger partial charge is 0.481 e. The van der Waals surface area contributed by atoms with Crippen LogP contribution in [0.25, 0.3) is 0 Å². The van der Waals surface area contributed by atoms with Crippen molar-refractivity contribution < 1.29 is 19.2 Å². The third kappa shape index (κ3) is 3.02. The van der Waals surface area contributed by atoms with E-state index in [4.69, 9.17) is 16.1 Å². The Hall–Kier alpha value is -2.34. The number of halogens is 1. The van der Waals surface area contributed by atoms with Gasteiger partial charge in [0.1, 0.15) is 11.8 Å².